The molecule has 1 aromatic carbocycles. The molecule has 1 amide bonds. The topological polar surface area (TPSA) is 41.1 Å². The van der Waals surface area contributed by atoms with Gasteiger partial charge in [-0.3, -0.25) is 4.79 Å². The average Bonchev–Trinajstić information content (AvgIpc) is 3.09. The van der Waals surface area contributed by atoms with Gasteiger partial charge in [0.05, 0.1) is 15.7 Å². The fourth-order valence-corrected chi connectivity index (χ4v) is 1.84. The Balaban J connectivity index is 1.82. The fourth-order valence-electron chi connectivity index (χ4n) is 1.49. The van der Waals surface area contributed by atoms with Gasteiger partial charge >= 0.3 is 0 Å². The molecule has 0 atom stereocenters. The van der Waals surface area contributed by atoms with E-state index in [2.05, 4.69) is 10.6 Å². The van der Waals surface area contributed by atoms with E-state index in [1.807, 2.05) is 0 Å². The van der Waals surface area contributed by atoms with E-state index >= 15 is 0 Å². The number of hydrogen-bond acceptors (Lipinski definition) is 2. The maximum atomic E-state index is 11.6. The maximum Gasteiger partial charge on any atom is 0.225 e. The molecule has 0 aromatic heterocycles. The monoisotopic (exact) mass is 272 g/mol. The maximum absolute atomic E-state index is 11.6. The van der Waals surface area contributed by atoms with Crippen LogP contribution in [0.25, 0.3) is 0 Å². The van der Waals surface area contributed by atoms with Crippen molar-refractivity contribution in [3.8, 4) is 0 Å². The Hall–Kier alpha value is -0.770. The number of carbonyl (C=O) groups excluding carboxylic acids is 1. The quantitative estimate of drug-likeness (QED) is 0.865. The molecule has 1 saturated carbocycles. The second-order valence-electron chi connectivity index (χ2n) is 4.13. The van der Waals surface area contributed by atoms with Crippen LogP contribution in [0.5, 0.6) is 0 Å². The molecule has 92 valence electrons. The summed E-state index contributed by atoms with van der Waals surface area (Å²) in [6.45, 7) is 0.703. The molecule has 3 nitrogen and oxygen atoms in total. The first kappa shape index (κ1) is 12.7. The minimum atomic E-state index is -0.0534. The van der Waals surface area contributed by atoms with Gasteiger partial charge in [0.1, 0.15) is 0 Å². The van der Waals surface area contributed by atoms with Crippen molar-refractivity contribution in [1.82, 2.24) is 5.32 Å². The van der Waals surface area contributed by atoms with E-state index in [1.165, 1.54) is 12.8 Å². The molecule has 0 spiro atoms. The molecule has 0 unspecified atom stereocenters. The number of carbonyl (C=O) groups is 1. The third kappa shape index (κ3) is 3.87. The highest BCUT2D eigenvalue weighted by molar-refractivity contribution is 6.43. The molecule has 5 heteroatoms. The van der Waals surface area contributed by atoms with Gasteiger partial charge in [-0.2, -0.15) is 0 Å². The Kier molecular flexibility index (Phi) is 4.26. The van der Waals surface area contributed by atoms with Crippen LogP contribution in [0.15, 0.2) is 18.2 Å². The zero-order valence-electron chi connectivity index (χ0n) is 9.30. The molecule has 2 N–H and O–H groups in total. The van der Waals surface area contributed by atoms with Crippen molar-refractivity contribution in [1.29, 1.82) is 0 Å². The third-order valence-electron chi connectivity index (χ3n) is 2.59. The van der Waals surface area contributed by atoms with Gasteiger partial charge in [0.15, 0.2) is 0 Å². The zero-order valence-corrected chi connectivity index (χ0v) is 10.8. The van der Waals surface area contributed by atoms with E-state index < -0.39 is 0 Å². The molecule has 1 aliphatic carbocycles. The lowest BCUT2D eigenvalue weighted by Gasteiger charge is -2.08. The second kappa shape index (κ2) is 5.71. The first-order valence-corrected chi connectivity index (χ1v) is 6.39. The van der Waals surface area contributed by atoms with Crippen LogP contribution in [-0.4, -0.2) is 18.5 Å². The van der Waals surface area contributed by atoms with Gasteiger partial charge in [-0.15, -0.1) is 0 Å². The number of benzene rings is 1. The average molecular weight is 273 g/mol. The van der Waals surface area contributed by atoms with E-state index in [9.17, 15) is 4.79 Å². The lowest BCUT2D eigenvalue weighted by molar-refractivity contribution is -0.116. The Morgan fingerprint density at radius 1 is 1.35 bits per heavy atom. The molecular weight excluding hydrogens is 259 g/mol. The van der Waals surface area contributed by atoms with Gasteiger partial charge in [-0.1, -0.05) is 29.3 Å². The van der Waals surface area contributed by atoms with Crippen LogP contribution >= 0.6 is 23.2 Å². The van der Waals surface area contributed by atoms with E-state index in [4.69, 9.17) is 23.2 Å². The van der Waals surface area contributed by atoms with E-state index in [1.54, 1.807) is 18.2 Å². The van der Waals surface area contributed by atoms with Crippen LogP contribution in [0, 0.1) is 0 Å². The predicted octanol–water partition coefficient (Wildman–Crippen LogP) is 3.07. The number of halogens is 2. The largest absolute Gasteiger partial charge is 0.325 e. The lowest BCUT2D eigenvalue weighted by Crippen LogP contribution is -2.23. The van der Waals surface area contributed by atoms with Gasteiger partial charge in [-0.25, -0.2) is 0 Å². The molecular formula is C12H14Cl2N2O. The molecule has 0 saturated heterocycles. The molecule has 0 bridgehead atoms. The number of rotatable bonds is 5. The summed E-state index contributed by atoms with van der Waals surface area (Å²) in [5.41, 5.74) is 0.565. The summed E-state index contributed by atoms with van der Waals surface area (Å²) in [5.74, 6) is -0.0534. The minimum Gasteiger partial charge on any atom is -0.325 e. The normalized spacial score (nSPS) is 14.7. The Bertz CT molecular complexity index is 419. The van der Waals surface area contributed by atoms with Crippen LogP contribution in [0.4, 0.5) is 5.69 Å². The van der Waals surface area contributed by atoms with Gasteiger partial charge in [0.2, 0.25) is 5.91 Å². The van der Waals surface area contributed by atoms with Gasteiger partial charge in [0, 0.05) is 19.0 Å². The summed E-state index contributed by atoms with van der Waals surface area (Å²) in [4.78, 5) is 11.6. The molecule has 1 aromatic rings. The van der Waals surface area contributed by atoms with Crippen molar-refractivity contribution < 1.29 is 4.79 Å². The molecule has 1 aliphatic rings. The number of amides is 1. The lowest BCUT2D eigenvalue weighted by atomic mass is 10.3. The first-order chi connectivity index (χ1) is 8.16. The molecule has 0 radical (unpaired) electrons. The summed E-state index contributed by atoms with van der Waals surface area (Å²) in [7, 11) is 0. The Labute approximate surface area is 110 Å². The van der Waals surface area contributed by atoms with Crippen LogP contribution in [-0.2, 0) is 4.79 Å². The van der Waals surface area contributed by atoms with Gasteiger partial charge in [-0.05, 0) is 25.0 Å². The Morgan fingerprint density at radius 2 is 2.12 bits per heavy atom. The number of nitrogens with one attached hydrogen (secondary N) is 2. The van der Waals surface area contributed by atoms with Crippen molar-refractivity contribution >= 4 is 34.8 Å². The third-order valence-corrected chi connectivity index (χ3v) is 3.41. The van der Waals surface area contributed by atoms with E-state index in [0.29, 0.717) is 34.7 Å². The Morgan fingerprint density at radius 3 is 2.82 bits per heavy atom. The van der Waals surface area contributed by atoms with Gasteiger partial charge in [0.25, 0.3) is 0 Å². The van der Waals surface area contributed by atoms with E-state index in [0.717, 1.165) is 0 Å². The summed E-state index contributed by atoms with van der Waals surface area (Å²) in [5, 5.41) is 6.86. The zero-order chi connectivity index (χ0) is 12.3. The first-order valence-electron chi connectivity index (χ1n) is 5.64. The molecule has 1 fully saturated rings. The van der Waals surface area contributed by atoms with Crippen LogP contribution < -0.4 is 10.6 Å². The highest BCUT2D eigenvalue weighted by Gasteiger charge is 2.20. The summed E-state index contributed by atoms with van der Waals surface area (Å²) in [6.07, 6.45) is 2.89. The van der Waals surface area contributed by atoms with Crippen LogP contribution in [0.2, 0.25) is 10.0 Å². The van der Waals surface area contributed by atoms with Crippen LogP contribution in [0.3, 0.4) is 0 Å². The van der Waals surface area contributed by atoms with Crippen molar-refractivity contribution in [2.45, 2.75) is 25.3 Å². The predicted molar refractivity (Wildman–Crippen MR) is 70.7 cm³/mol. The SMILES string of the molecule is O=C(CCNC1CC1)Nc1cccc(Cl)c1Cl. The van der Waals surface area contributed by atoms with Gasteiger partial charge < -0.3 is 10.6 Å². The highest BCUT2D eigenvalue weighted by Crippen LogP contribution is 2.29. The number of anilines is 1. The van der Waals surface area contributed by atoms with Crippen molar-refractivity contribution in [3.63, 3.8) is 0 Å². The fraction of sp³-hybridized carbons (Fsp3) is 0.417. The minimum absolute atomic E-state index is 0.0534. The summed E-state index contributed by atoms with van der Waals surface area (Å²) in [6, 6.07) is 5.80. The van der Waals surface area contributed by atoms with Crippen molar-refractivity contribution in [3.05, 3.63) is 28.2 Å². The molecule has 17 heavy (non-hydrogen) atoms. The van der Waals surface area contributed by atoms with Crippen molar-refractivity contribution in [2.24, 2.45) is 0 Å². The standard InChI is InChI=1S/C12H14Cl2N2O/c13-9-2-1-3-10(12(9)14)16-11(17)6-7-15-8-4-5-8/h1-3,8,15H,4-7H2,(H,16,17). The summed E-state index contributed by atoms with van der Waals surface area (Å²) < 4.78 is 0. The summed E-state index contributed by atoms with van der Waals surface area (Å²) >= 11 is 11.8. The van der Waals surface area contributed by atoms with Crippen LogP contribution in [0.1, 0.15) is 19.3 Å². The molecule has 0 aliphatic heterocycles. The highest BCUT2D eigenvalue weighted by atomic mass is 35.5. The smallest absolute Gasteiger partial charge is 0.225 e. The van der Waals surface area contributed by atoms with Crippen molar-refractivity contribution in [2.75, 3.05) is 11.9 Å². The molecule has 2 rings (SSSR count). The number of hydrogen-bond donors (Lipinski definition) is 2. The second-order valence-corrected chi connectivity index (χ2v) is 4.91. The van der Waals surface area contributed by atoms with E-state index in [-0.39, 0.29) is 5.91 Å². The molecule has 0 heterocycles.